The zero-order valence-corrected chi connectivity index (χ0v) is 11.1. The summed E-state index contributed by atoms with van der Waals surface area (Å²) in [6, 6.07) is 10.2. The third-order valence-corrected chi connectivity index (χ3v) is 3.30. The Kier molecular flexibility index (Phi) is 3.55. The zero-order chi connectivity index (χ0) is 13.8. The van der Waals surface area contributed by atoms with Gasteiger partial charge in [-0.25, -0.2) is 4.98 Å². The first-order valence-corrected chi connectivity index (χ1v) is 6.71. The predicted octanol–water partition coefficient (Wildman–Crippen LogP) is 2.73. The van der Waals surface area contributed by atoms with Gasteiger partial charge in [0.15, 0.2) is 6.61 Å². The molecule has 20 heavy (non-hydrogen) atoms. The van der Waals surface area contributed by atoms with Crippen LogP contribution >= 0.6 is 0 Å². The van der Waals surface area contributed by atoms with Gasteiger partial charge in [-0.15, -0.1) is 0 Å². The standard InChI is InChI=1S/C15H16N4O/c16-6-7-20-15-3-1-2-12(8-15)18-10-14-9-17-11-19(14)13-4-5-13/h1-3,8-9,11,13,18H,4-5,7,10H2. The maximum absolute atomic E-state index is 8.51. The highest BCUT2D eigenvalue weighted by atomic mass is 16.5. The second-order valence-electron chi connectivity index (χ2n) is 4.85. The van der Waals surface area contributed by atoms with Crippen LogP contribution in [0.15, 0.2) is 36.8 Å². The molecular formula is C15H16N4O. The summed E-state index contributed by atoms with van der Waals surface area (Å²) in [4.78, 5) is 4.22. The number of ether oxygens (including phenoxy) is 1. The molecule has 0 spiro atoms. The van der Waals surface area contributed by atoms with Crippen molar-refractivity contribution in [3.05, 3.63) is 42.5 Å². The van der Waals surface area contributed by atoms with Crippen molar-refractivity contribution in [3.8, 4) is 11.8 Å². The van der Waals surface area contributed by atoms with Gasteiger partial charge in [-0.05, 0) is 25.0 Å². The first-order valence-electron chi connectivity index (χ1n) is 6.71. The summed E-state index contributed by atoms with van der Waals surface area (Å²) in [6.07, 6.45) is 6.31. The van der Waals surface area contributed by atoms with Gasteiger partial charge in [0.25, 0.3) is 0 Å². The Labute approximate surface area is 117 Å². The van der Waals surface area contributed by atoms with Gasteiger partial charge >= 0.3 is 0 Å². The Balaban J connectivity index is 1.63. The molecule has 0 aliphatic heterocycles. The Morgan fingerprint density at radius 2 is 2.35 bits per heavy atom. The van der Waals surface area contributed by atoms with Crippen molar-refractivity contribution in [3.63, 3.8) is 0 Å². The molecule has 0 atom stereocenters. The summed E-state index contributed by atoms with van der Waals surface area (Å²) in [5.41, 5.74) is 2.17. The van der Waals surface area contributed by atoms with E-state index in [1.165, 1.54) is 18.5 Å². The number of nitrogens with zero attached hydrogens (tertiary/aromatic N) is 3. The predicted molar refractivity (Wildman–Crippen MR) is 75.4 cm³/mol. The Morgan fingerprint density at radius 3 is 3.15 bits per heavy atom. The Morgan fingerprint density at radius 1 is 1.45 bits per heavy atom. The molecule has 3 rings (SSSR count). The van der Waals surface area contributed by atoms with Crippen molar-refractivity contribution in [1.82, 2.24) is 9.55 Å². The van der Waals surface area contributed by atoms with Crippen LogP contribution in [0.25, 0.3) is 0 Å². The van der Waals surface area contributed by atoms with E-state index in [9.17, 15) is 0 Å². The highest BCUT2D eigenvalue weighted by Crippen LogP contribution is 2.35. The number of anilines is 1. The van der Waals surface area contributed by atoms with E-state index in [2.05, 4.69) is 14.9 Å². The Hall–Kier alpha value is -2.48. The van der Waals surface area contributed by atoms with E-state index in [1.807, 2.05) is 42.9 Å². The van der Waals surface area contributed by atoms with E-state index < -0.39 is 0 Å². The third-order valence-electron chi connectivity index (χ3n) is 3.30. The van der Waals surface area contributed by atoms with Crippen LogP contribution in [0, 0.1) is 11.3 Å². The molecule has 5 nitrogen and oxygen atoms in total. The highest BCUT2D eigenvalue weighted by molar-refractivity contribution is 5.48. The monoisotopic (exact) mass is 268 g/mol. The summed E-state index contributed by atoms with van der Waals surface area (Å²) >= 11 is 0. The minimum atomic E-state index is 0.0674. The fourth-order valence-electron chi connectivity index (χ4n) is 2.15. The molecule has 1 aliphatic carbocycles. The van der Waals surface area contributed by atoms with Crippen LogP contribution in [-0.2, 0) is 6.54 Å². The lowest BCUT2D eigenvalue weighted by Crippen LogP contribution is -2.06. The van der Waals surface area contributed by atoms with Crippen LogP contribution in [0.5, 0.6) is 5.75 Å². The van der Waals surface area contributed by atoms with Gasteiger partial charge in [-0.3, -0.25) is 0 Å². The van der Waals surface area contributed by atoms with Gasteiger partial charge in [-0.1, -0.05) is 6.07 Å². The topological polar surface area (TPSA) is 62.9 Å². The van der Waals surface area contributed by atoms with Gasteiger partial charge in [0.1, 0.15) is 11.8 Å². The smallest absolute Gasteiger partial charge is 0.174 e. The summed E-state index contributed by atoms with van der Waals surface area (Å²) in [7, 11) is 0. The van der Waals surface area contributed by atoms with Gasteiger partial charge in [0.2, 0.25) is 0 Å². The number of nitriles is 1. The maximum Gasteiger partial charge on any atom is 0.174 e. The van der Waals surface area contributed by atoms with Crippen molar-refractivity contribution >= 4 is 5.69 Å². The fraction of sp³-hybridized carbons (Fsp3) is 0.333. The molecule has 0 bridgehead atoms. The lowest BCUT2D eigenvalue weighted by molar-refractivity contribution is 0.368. The largest absolute Gasteiger partial charge is 0.479 e. The summed E-state index contributed by atoms with van der Waals surface area (Å²) in [5, 5.41) is 11.9. The summed E-state index contributed by atoms with van der Waals surface area (Å²) in [5.74, 6) is 0.701. The van der Waals surface area contributed by atoms with Crippen molar-refractivity contribution in [1.29, 1.82) is 5.26 Å². The average Bonchev–Trinajstić information content (AvgIpc) is 3.22. The molecule has 1 aromatic heterocycles. The van der Waals surface area contributed by atoms with Crippen molar-refractivity contribution in [2.24, 2.45) is 0 Å². The van der Waals surface area contributed by atoms with E-state index in [0.29, 0.717) is 11.8 Å². The second-order valence-corrected chi connectivity index (χ2v) is 4.85. The molecule has 1 fully saturated rings. The summed E-state index contributed by atoms with van der Waals surface area (Å²) < 4.78 is 7.53. The summed E-state index contributed by atoms with van der Waals surface area (Å²) in [6.45, 7) is 0.802. The number of benzene rings is 1. The van der Waals surface area contributed by atoms with E-state index in [4.69, 9.17) is 10.00 Å². The average molecular weight is 268 g/mol. The molecule has 5 heteroatoms. The number of aromatic nitrogens is 2. The fourth-order valence-corrected chi connectivity index (χ4v) is 2.15. The van der Waals surface area contributed by atoms with Crippen LogP contribution in [0.2, 0.25) is 0 Å². The quantitative estimate of drug-likeness (QED) is 0.875. The molecule has 1 heterocycles. The molecule has 1 saturated carbocycles. The molecule has 1 aliphatic rings. The molecule has 0 amide bonds. The van der Waals surface area contributed by atoms with Crippen LogP contribution in [-0.4, -0.2) is 16.2 Å². The van der Waals surface area contributed by atoms with Crippen LogP contribution in [0.1, 0.15) is 24.6 Å². The second kappa shape index (κ2) is 5.66. The zero-order valence-electron chi connectivity index (χ0n) is 11.1. The molecule has 0 saturated heterocycles. The third kappa shape index (κ3) is 2.91. The SMILES string of the molecule is N#CCOc1cccc(NCc2cncn2C2CC2)c1. The van der Waals surface area contributed by atoms with Gasteiger partial charge in [0, 0.05) is 24.0 Å². The first kappa shape index (κ1) is 12.5. The van der Waals surface area contributed by atoms with Crippen molar-refractivity contribution in [2.45, 2.75) is 25.4 Å². The number of hydrogen-bond donors (Lipinski definition) is 1. The minimum Gasteiger partial charge on any atom is -0.479 e. The van der Waals surface area contributed by atoms with Gasteiger partial charge in [-0.2, -0.15) is 5.26 Å². The van der Waals surface area contributed by atoms with E-state index in [1.54, 1.807) is 0 Å². The number of hydrogen-bond acceptors (Lipinski definition) is 4. The van der Waals surface area contributed by atoms with Crippen LogP contribution in [0.4, 0.5) is 5.69 Å². The number of nitrogens with one attached hydrogen (secondary N) is 1. The minimum absolute atomic E-state index is 0.0674. The highest BCUT2D eigenvalue weighted by Gasteiger charge is 2.24. The van der Waals surface area contributed by atoms with E-state index in [0.717, 1.165) is 12.2 Å². The molecule has 2 aromatic rings. The molecule has 1 aromatic carbocycles. The van der Waals surface area contributed by atoms with Crippen molar-refractivity contribution in [2.75, 3.05) is 11.9 Å². The normalized spacial score (nSPS) is 13.8. The lowest BCUT2D eigenvalue weighted by atomic mass is 10.3. The van der Waals surface area contributed by atoms with Gasteiger partial charge < -0.3 is 14.6 Å². The molecular weight excluding hydrogens is 252 g/mol. The molecule has 0 radical (unpaired) electrons. The molecule has 102 valence electrons. The Bertz CT molecular complexity index is 625. The van der Waals surface area contributed by atoms with E-state index >= 15 is 0 Å². The van der Waals surface area contributed by atoms with Gasteiger partial charge in [0.05, 0.1) is 18.6 Å². The number of imidazole rings is 1. The lowest BCUT2D eigenvalue weighted by Gasteiger charge is -2.10. The van der Waals surface area contributed by atoms with Crippen molar-refractivity contribution < 1.29 is 4.74 Å². The van der Waals surface area contributed by atoms with E-state index in [-0.39, 0.29) is 6.61 Å². The first-order chi connectivity index (χ1) is 9.86. The molecule has 1 N–H and O–H groups in total. The molecule has 0 unspecified atom stereocenters. The maximum atomic E-state index is 8.51. The number of rotatable bonds is 6. The van der Waals surface area contributed by atoms with Crippen LogP contribution < -0.4 is 10.1 Å². The van der Waals surface area contributed by atoms with Crippen LogP contribution in [0.3, 0.4) is 0 Å².